The third-order valence-electron chi connectivity index (χ3n) is 9.85. The lowest BCUT2D eigenvalue weighted by Gasteiger charge is -2.33. The molecular weight excluding hydrogens is 673 g/mol. The van der Waals surface area contributed by atoms with Crippen LogP contribution in [-0.2, 0) is 16.1 Å². The fraction of sp³-hybridized carbons (Fsp3) is 0.368. The van der Waals surface area contributed by atoms with Gasteiger partial charge in [0.1, 0.15) is 5.82 Å². The number of benzene rings is 2. The van der Waals surface area contributed by atoms with Crippen LogP contribution in [0.1, 0.15) is 49.3 Å². The van der Waals surface area contributed by atoms with Crippen molar-refractivity contribution < 1.29 is 14.3 Å². The second-order valence-electron chi connectivity index (χ2n) is 13.2. The molecule has 2 aromatic carbocycles. The van der Waals surface area contributed by atoms with Crippen molar-refractivity contribution in [2.75, 3.05) is 38.7 Å². The minimum Gasteiger partial charge on any atom is -0.481 e. The first-order chi connectivity index (χ1) is 24.3. The second-order valence-corrected chi connectivity index (χ2v) is 14.0. The molecule has 4 aromatic rings. The summed E-state index contributed by atoms with van der Waals surface area (Å²) in [5.41, 5.74) is 6.70. The van der Waals surface area contributed by atoms with Crippen molar-refractivity contribution in [2.24, 2.45) is 0 Å². The summed E-state index contributed by atoms with van der Waals surface area (Å²) in [6.45, 7) is 2.84. The van der Waals surface area contributed by atoms with Gasteiger partial charge in [-0.1, -0.05) is 71.7 Å². The van der Waals surface area contributed by atoms with Crippen LogP contribution >= 0.6 is 23.2 Å². The summed E-state index contributed by atoms with van der Waals surface area (Å²) < 4.78 is 5.67. The number of carbonyl (C=O) groups is 2. The number of ether oxygens (including phenoxy) is 1. The Hall–Kier alpha value is -4.22. The molecule has 3 aliphatic heterocycles. The first-order valence-electron chi connectivity index (χ1n) is 17.2. The first-order valence-corrected chi connectivity index (χ1v) is 17.9. The van der Waals surface area contributed by atoms with Crippen molar-refractivity contribution in [1.82, 2.24) is 31.2 Å². The molecule has 0 bridgehead atoms. The number of nitrogens with one attached hydrogen (secondary N) is 4. The number of carbonyl (C=O) groups excluding carboxylic acids is 2. The molecule has 0 unspecified atom stereocenters. The number of amides is 2. The lowest BCUT2D eigenvalue weighted by atomic mass is 9.96. The summed E-state index contributed by atoms with van der Waals surface area (Å²) in [6.07, 6.45) is 3.83. The summed E-state index contributed by atoms with van der Waals surface area (Å²) >= 11 is 14.3. The average Bonchev–Trinajstić information content (AvgIpc) is 3.75. The molecule has 10 nitrogen and oxygen atoms in total. The zero-order chi connectivity index (χ0) is 34.8. The van der Waals surface area contributed by atoms with Crippen LogP contribution in [0.3, 0.4) is 0 Å². The van der Waals surface area contributed by atoms with E-state index >= 15 is 0 Å². The standard InChI is InChI=1S/C38H41Cl2N7O3/c1-47-18-17-30(42-21-24-11-16-34(49)44-24)29-12-14-31(45-37(29)47)27-7-3-5-25(35(27)39)26-6-4-8-28(36(26)40)32-13-9-22(38(46-32)50-2)19-41-20-23-10-15-33(48)43-23/h3-9,12-14,23-24,30,41-42H,10-11,15-21H2,1-2H3,(H,43,48)(H,44,49)/t23-,24+,30-/m1/s1. The van der Waals surface area contributed by atoms with Gasteiger partial charge in [-0.05, 0) is 31.4 Å². The van der Waals surface area contributed by atoms with Crippen molar-refractivity contribution in [2.45, 2.75) is 56.8 Å². The molecule has 7 rings (SSSR count). The monoisotopic (exact) mass is 713 g/mol. The molecule has 3 atom stereocenters. The highest BCUT2D eigenvalue weighted by Gasteiger charge is 2.28. The Morgan fingerprint density at radius 2 is 1.40 bits per heavy atom. The van der Waals surface area contributed by atoms with Gasteiger partial charge in [-0.25, -0.2) is 9.97 Å². The van der Waals surface area contributed by atoms with E-state index in [9.17, 15) is 9.59 Å². The molecular formula is C38H41Cl2N7O3. The third kappa shape index (κ3) is 7.16. The highest BCUT2D eigenvalue weighted by molar-refractivity contribution is 6.39. The van der Waals surface area contributed by atoms with Crippen LogP contribution in [0.2, 0.25) is 10.0 Å². The van der Waals surface area contributed by atoms with Gasteiger partial charge < -0.3 is 30.9 Å². The molecule has 2 amide bonds. The maximum absolute atomic E-state index is 11.7. The Morgan fingerprint density at radius 1 is 0.800 bits per heavy atom. The molecule has 50 heavy (non-hydrogen) atoms. The summed E-state index contributed by atoms with van der Waals surface area (Å²) in [7, 11) is 3.67. The molecule has 2 fully saturated rings. The number of aromatic nitrogens is 2. The molecule has 2 aromatic heterocycles. The van der Waals surface area contributed by atoms with Gasteiger partial charge in [0, 0.05) is 97.6 Å². The summed E-state index contributed by atoms with van der Waals surface area (Å²) in [5.74, 6) is 1.67. The van der Waals surface area contributed by atoms with E-state index in [-0.39, 0.29) is 29.9 Å². The van der Waals surface area contributed by atoms with Crippen LogP contribution in [0, 0.1) is 0 Å². The van der Waals surface area contributed by atoms with E-state index in [1.807, 2.05) is 54.6 Å². The largest absolute Gasteiger partial charge is 0.481 e. The van der Waals surface area contributed by atoms with Gasteiger partial charge in [-0.3, -0.25) is 9.59 Å². The molecule has 0 spiro atoms. The zero-order valence-corrected chi connectivity index (χ0v) is 29.7. The Labute approximate surface area is 302 Å². The minimum absolute atomic E-state index is 0.103. The number of hydrogen-bond donors (Lipinski definition) is 4. The Balaban J connectivity index is 1.12. The lowest BCUT2D eigenvalue weighted by Crippen LogP contribution is -2.40. The second kappa shape index (κ2) is 14.9. The Bertz CT molecular complexity index is 1920. The van der Waals surface area contributed by atoms with Crippen LogP contribution < -0.4 is 30.9 Å². The first kappa shape index (κ1) is 34.2. The van der Waals surface area contributed by atoms with Crippen molar-refractivity contribution >= 4 is 40.8 Å². The summed E-state index contributed by atoms with van der Waals surface area (Å²) in [6, 6.07) is 20.4. The quantitative estimate of drug-likeness (QED) is 0.152. The van der Waals surface area contributed by atoms with E-state index in [1.54, 1.807) is 7.11 Å². The number of fused-ring (bicyclic) bond motifs is 1. The van der Waals surface area contributed by atoms with Crippen LogP contribution in [0.4, 0.5) is 5.82 Å². The summed E-state index contributed by atoms with van der Waals surface area (Å²) in [5, 5.41) is 14.2. The van der Waals surface area contributed by atoms with Crippen molar-refractivity contribution in [3.63, 3.8) is 0 Å². The van der Waals surface area contributed by atoms with Crippen LogP contribution in [-0.4, -0.2) is 67.7 Å². The average molecular weight is 715 g/mol. The summed E-state index contributed by atoms with van der Waals surface area (Å²) in [4.78, 5) is 35.3. The Morgan fingerprint density at radius 3 is 2.02 bits per heavy atom. The van der Waals surface area contributed by atoms with Crippen LogP contribution in [0.15, 0.2) is 60.7 Å². The normalized spacial score (nSPS) is 20.1. The highest BCUT2D eigenvalue weighted by Crippen LogP contribution is 2.43. The molecule has 0 aliphatic carbocycles. The number of pyridine rings is 2. The number of halogens is 2. The molecule has 3 aliphatic rings. The fourth-order valence-electron chi connectivity index (χ4n) is 7.12. The van der Waals surface area contributed by atoms with Gasteiger partial charge in [0.2, 0.25) is 17.7 Å². The third-order valence-corrected chi connectivity index (χ3v) is 10.7. The predicted molar refractivity (Wildman–Crippen MR) is 198 cm³/mol. The maximum atomic E-state index is 11.7. The van der Waals surface area contributed by atoms with Gasteiger partial charge >= 0.3 is 0 Å². The van der Waals surface area contributed by atoms with E-state index in [0.717, 1.165) is 77.2 Å². The van der Waals surface area contributed by atoms with Gasteiger partial charge in [0.05, 0.1) is 28.5 Å². The molecule has 12 heteroatoms. The number of rotatable bonds is 11. The maximum Gasteiger partial charge on any atom is 0.220 e. The molecule has 5 heterocycles. The van der Waals surface area contributed by atoms with E-state index < -0.39 is 0 Å². The van der Waals surface area contributed by atoms with E-state index in [2.05, 4.69) is 39.3 Å². The minimum atomic E-state index is 0.103. The fourth-order valence-corrected chi connectivity index (χ4v) is 7.76. The van der Waals surface area contributed by atoms with Gasteiger partial charge in [0.25, 0.3) is 0 Å². The molecule has 0 saturated carbocycles. The van der Waals surface area contributed by atoms with E-state index in [4.69, 9.17) is 37.9 Å². The molecule has 2 saturated heterocycles. The van der Waals surface area contributed by atoms with Crippen molar-refractivity contribution in [3.05, 3.63) is 81.8 Å². The molecule has 260 valence electrons. The highest BCUT2D eigenvalue weighted by atomic mass is 35.5. The van der Waals surface area contributed by atoms with Crippen LogP contribution in [0.5, 0.6) is 5.88 Å². The number of hydrogen-bond acceptors (Lipinski definition) is 8. The predicted octanol–water partition coefficient (Wildman–Crippen LogP) is 5.91. The van der Waals surface area contributed by atoms with E-state index in [0.29, 0.717) is 47.6 Å². The van der Waals surface area contributed by atoms with Crippen molar-refractivity contribution in [1.29, 1.82) is 0 Å². The number of nitrogens with zero attached hydrogens (tertiary/aromatic N) is 3. The van der Waals surface area contributed by atoms with Gasteiger partial charge in [-0.15, -0.1) is 0 Å². The SMILES string of the molecule is COc1nc(-c2cccc(-c3cccc(-c4ccc5c(n4)N(C)CC[C@H]5NC[C@@H]4CCC(=O)N4)c3Cl)c2Cl)ccc1CNC[C@H]1CCC(=O)N1. The van der Waals surface area contributed by atoms with Crippen LogP contribution in [0.25, 0.3) is 33.6 Å². The zero-order valence-electron chi connectivity index (χ0n) is 28.2. The topological polar surface area (TPSA) is 121 Å². The smallest absolute Gasteiger partial charge is 0.220 e. The Kier molecular flexibility index (Phi) is 10.2. The van der Waals surface area contributed by atoms with Gasteiger partial charge in [0.15, 0.2) is 0 Å². The lowest BCUT2D eigenvalue weighted by molar-refractivity contribution is -0.120. The molecule has 4 N–H and O–H groups in total. The molecule has 0 radical (unpaired) electrons. The number of methoxy groups -OCH3 is 1. The van der Waals surface area contributed by atoms with Gasteiger partial charge in [-0.2, -0.15) is 0 Å². The van der Waals surface area contributed by atoms with Crippen molar-refractivity contribution in [3.8, 4) is 39.5 Å². The number of anilines is 1. The van der Waals surface area contributed by atoms with E-state index in [1.165, 1.54) is 0 Å².